The number of halogens is 1. The number of hydrogen-bond acceptors (Lipinski definition) is 4. The number of aryl methyl sites for hydroxylation is 2. The van der Waals surface area contributed by atoms with Crippen LogP contribution in [-0.2, 0) is 14.8 Å². The minimum atomic E-state index is -3.45. The standard InChI is InChI=1S/C21H27FN2O4S/c1-16-6-7-17(2)20(15-16)24(29(3,26)27)13-4-5-21(25)23-12-14-28-19-10-8-18(22)9-11-19/h6-11,15H,4-5,12-14H2,1-3H3,(H,23,25). The van der Waals surface area contributed by atoms with Gasteiger partial charge in [0.1, 0.15) is 18.2 Å². The number of ether oxygens (including phenoxy) is 1. The summed E-state index contributed by atoms with van der Waals surface area (Å²) < 4.78 is 44.0. The van der Waals surface area contributed by atoms with Gasteiger partial charge >= 0.3 is 0 Å². The Labute approximate surface area is 171 Å². The van der Waals surface area contributed by atoms with Crippen molar-refractivity contribution < 1.29 is 22.3 Å². The fourth-order valence-electron chi connectivity index (χ4n) is 2.81. The molecule has 0 aromatic heterocycles. The van der Waals surface area contributed by atoms with E-state index in [2.05, 4.69) is 5.32 Å². The molecule has 29 heavy (non-hydrogen) atoms. The highest BCUT2D eigenvalue weighted by molar-refractivity contribution is 7.92. The van der Waals surface area contributed by atoms with Gasteiger partial charge in [0.25, 0.3) is 0 Å². The third-order valence-electron chi connectivity index (χ3n) is 4.31. The molecule has 0 aliphatic carbocycles. The fraction of sp³-hybridized carbons (Fsp3) is 0.381. The summed E-state index contributed by atoms with van der Waals surface area (Å²) in [5.74, 6) is 0.00901. The molecule has 0 heterocycles. The van der Waals surface area contributed by atoms with Crippen molar-refractivity contribution in [2.75, 3.05) is 30.3 Å². The molecule has 8 heteroatoms. The van der Waals surface area contributed by atoms with Crippen LogP contribution in [0.3, 0.4) is 0 Å². The summed E-state index contributed by atoms with van der Waals surface area (Å²) in [4.78, 5) is 12.0. The molecule has 0 saturated heterocycles. The molecule has 0 saturated carbocycles. The van der Waals surface area contributed by atoms with Crippen LogP contribution in [0.25, 0.3) is 0 Å². The molecule has 158 valence electrons. The van der Waals surface area contributed by atoms with Crippen molar-refractivity contribution in [3.05, 3.63) is 59.4 Å². The third-order valence-corrected chi connectivity index (χ3v) is 5.49. The highest BCUT2D eigenvalue weighted by Gasteiger charge is 2.19. The summed E-state index contributed by atoms with van der Waals surface area (Å²) in [6.07, 6.45) is 1.76. The topological polar surface area (TPSA) is 75.7 Å². The van der Waals surface area contributed by atoms with E-state index in [-0.39, 0.29) is 31.3 Å². The Hall–Kier alpha value is -2.61. The molecule has 2 aromatic carbocycles. The van der Waals surface area contributed by atoms with E-state index < -0.39 is 10.0 Å². The first-order valence-corrected chi connectivity index (χ1v) is 11.2. The molecular weight excluding hydrogens is 395 g/mol. The number of carbonyl (C=O) groups is 1. The molecule has 0 bridgehead atoms. The van der Waals surface area contributed by atoms with Gasteiger partial charge in [0.15, 0.2) is 0 Å². The number of carbonyl (C=O) groups excluding carboxylic acids is 1. The van der Waals surface area contributed by atoms with Gasteiger partial charge in [-0.2, -0.15) is 0 Å². The van der Waals surface area contributed by atoms with Gasteiger partial charge in [-0.15, -0.1) is 0 Å². The molecule has 0 aliphatic rings. The number of hydrogen-bond donors (Lipinski definition) is 1. The molecule has 0 unspecified atom stereocenters. The summed E-state index contributed by atoms with van der Waals surface area (Å²) in [6, 6.07) is 11.3. The number of amides is 1. The van der Waals surface area contributed by atoms with Crippen LogP contribution in [-0.4, -0.2) is 40.3 Å². The first-order valence-electron chi connectivity index (χ1n) is 9.37. The van der Waals surface area contributed by atoms with E-state index >= 15 is 0 Å². The predicted octanol–water partition coefficient (Wildman–Crippen LogP) is 3.18. The largest absolute Gasteiger partial charge is 0.492 e. The number of benzene rings is 2. The number of nitrogens with one attached hydrogen (secondary N) is 1. The molecule has 0 radical (unpaired) electrons. The molecule has 2 rings (SSSR count). The van der Waals surface area contributed by atoms with Crippen molar-refractivity contribution in [2.45, 2.75) is 26.7 Å². The lowest BCUT2D eigenvalue weighted by molar-refractivity contribution is -0.121. The zero-order chi connectivity index (χ0) is 21.4. The minimum Gasteiger partial charge on any atom is -0.492 e. The monoisotopic (exact) mass is 422 g/mol. The zero-order valence-corrected chi connectivity index (χ0v) is 17.8. The summed E-state index contributed by atoms with van der Waals surface area (Å²) in [5.41, 5.74) is 2.47. The van der Waals surface area contributed by atoms with Gasteiger partial charge in [-0.05, 0) is 61.7 Å². The molecule has 1 N–H and O–H groups in total. The number of sulfonamides is 1. The predicted molar refractivity (Wildman–Crippen MR) is 112 cm³/mol. The maximum Gasteiger partial charge on any atom is 0.232 e. The highest BCUT2D eigenvalue weighted by atomic mass is 32.2. The van der Waals surface area contributed by atoms with E-state index in [9.17, 15) is 17.6 Å². The Morgan fingerprint density at radius 3 is 2.48 bits per heavy atom. The summed E-state index contributed by atoms with van der Waals surface area (Å²) in [6.45, 7) is 4.56. The first kappa shape index (κ1) is 22.7. The maximum atomic E-state index is 12.8. The van der Waals surface area contributed by atoms with Crippen molar-refractivity contribution in [3.63, 3.8) is 0 Å². The molecule has 0 aliphatic heterocycles. The lowest BCUT2D eigenvalue weighted by Crippen LogP contribution is -2.33. The highest BCUT2D eigenvalue weighted by Crippen LogP contribution is 2.24. The van der Waals surface area contributed by atoms with E-state index in [1.807, 2.05) is 32.0 Å². The van der Waals surface area contributed by atoms with Crippen molar-refractivity contribution in [3.8, 4) is 5.75 Å². The fourth-order valence-corrected chi connectivity index (χ4v) is 3.83. The quantitative estimate of drug-likeness (QED) is 0.597. The average molecular weight is 423 g/mol. The molecule has 0 fully saturated rings. The molecule has 2 aromatic rings. The maximum absolute atomic E-state index is 12.8. The van der Waals surface area contributed by atoms with Gasteiger partial charge in [-0.1, -0.05) is 12.1 Å². The Morgan fingerprint density at radius 1 is 1.14 bits per heavy atom. The third kappa shape index (κ3) is 7.38. The van der Waals surface area contributed by atoms with E-state index in [1.165, 1.54) is 34.8 Å². The van der Waals surface area contributed by atoms with E-state index in [0.717, 1.165) is 11.1 Å². The normalized spacial score (nSPS) is 11.2. The van der Waals surface area contributed by atoms with Crippen LogP contribution in [0.2, 0.25) is 0 Å². The van der Waals surface area contributed by atoms with Crippen LogP contribution in [0, 0.1) is 19.7 Å². The van der Waals surface area contributed by atoms with Crippen LogP contribution in [0.15, 0.2) is 42.5 Å². The lowest BCUT2D eigenvalue weighted by atomic mass is 10.1. The lowest BCUT2D eigenvalue weighted by Gasteiger charge is -2.24. The van der Waals surface area contributed by atoms with Crippen molar-refractivity contribution in [2.24, 2.45) is 0 Å². The summed E-state index contributed by atoms with van der Waals surface area (Å²) >= 11 is 0. The minimum absolute atomic E-state index is 0.179. The van der Waals surface area contributed by atoms with Crippen molar-refractivity contribution in [1.82, 2.24) is 5.32 Å². The Bertz CT molecular complexity index is 930. The molecule has 0 spiro atoms. The van der Waals surface area contributed by atoms with Gasteiger partial charge in [-0.3, -0.25) is 9.10 Å². The van der Waals surface area contributed by atoms with Crippen LogP contribution in [0.4, 0.5) is 10.1 Å². The molecule has 0 atom stereocenters. The Morgan fingerprint density at radius 2 is 1.83 bits per heavy atom. The number of nitrogens with zero attached hydrogens (tertiary/aromatic N) is 1. The average Bonchev–Trinajstić information content (AvgIpc) is 2.65. The van der Waals surface area contributed by atoms with E-state index in [1.54, 1.807) is 0 Å². The van der Waals surface area contributed by atoms with Crippen LogP contribution >= 0.6 is 0 Å². The van der Waals surface area contributed by atoms with Crippen LogP contribution in [0.1, 0.15) is 24.0 Å². The molecular formula is C21H27FN2O4S. The second-order valence-corrected chi connectivity index (χ2v) is 8.79. The van der Waals surface area contributed by atoms with E-state index in [0.29, 0.717) is 24.4 Å². The Balaban J connectivity index is 1.79. The van der Waals surface area contributed by atoms with Crippen molar-refractivity contribution >= 4 is 21.6 Å². The van der Waals surface area contributed by atoms with Crippen LogP contribution < -0.4 is 14.4 Å². The van der Waals surface area contributed by atoms with Gasteiger partial charge in [-0.25, -0.2) is 12.8 Å². The second-order valence-electron chi connectivity index (χ2n) is 6.88. The van der Waals surface area contributed by atoms with Crippen LogP contribution in [0.5, 0.6) is 5.75 Å². The SMILES string of the molecule is Cc1ccc(C)c(N(CCCC(=O)NCCOc2ccc(F)cc2)S(C)(=O)=O)c1. The van der Waals surface area contributed by atoms with Gasteiger partial charge < -0.3 is 10.1 Å². The second kappa shape index (κ2) is 10.2. The number of rotatable bonds is 10. The van der Waals surface area contributed by atoms with Gasteiger partial charge in [0.05, 0.1) is 18.5 Å². The van der Waals surface area contributed by atoms with Gasteiger partial charge in [0, 0.05) is 13.0 Å². The van der Waals surface area contributed by atoms with Gasteiger partial charge in [0.2, 0.25) is 15.9 Å². The number of anilines is 1. The smallest absolute Gasteiger partial charge is 0.232 e. The summed E-state index contributed by atoms with van der Waals surface area (Å²) in [5, 5.41) is 2.73. The van der Waals surface area contributed by atoms with Crippen molar-refractivity contribution in [1.29, 1.82) is 0 Å². The molecule has 1 amide bonds. The molecule has 6 nitrogen and oxygen atoms in total. The summed E-state index contributed by atoms with van der Waals surface area (Å²) in [7, 11) is -3.45. The van der Waals surface area contributed by atoms with E-state index in [4.69, 9.17) is 4.74 Å². The zero-order valence-electron chi connectivity index (χ0n) is 16.9. The Kier molecular flexibility index (Phi) is 8.01. The first-order chi connectivity index (χ1) is 13.7.